The van der Waals surface area contributed by atoms with Crippen LogP contribution in [0.15, 0.2) is 0 Å². The summed E-state index contributed by atoms with van der Waals surface area (Å²) in [6.45, 7) is 4.00. The van der Waals surface area contributed by atoms with E-state index in [1.54, 1.807) is 0 Å². The summed E-state index contributed by atoms with van der Waals surface area (Å²) in [5.41, 5.74) is 5.75. The number of nitrogens with one attached hydrogen (secondary N) is 1. The fourth-order valence-electron chi connectivity index (χ4n) is 0. The van der Waals surface area contributed by atoms with Crippen LogP contribution in [-0.4, -0.2) is 7.05 Å². The van der Waals surface area contributed by atoms with Crippen molar-refractivity contribution in [3.8, 4) is 0 Å². The van der Waals surface area contributed by atoms with E-state index in [0.29, 0.717) is 0 Å². The molecule has 0 atom stereocenters. The van der Waals surface area contributed by atoms with Crippen molar-refractivity contribution in [2.75, 3.05) is 7.05 Å². The molecule has 0 saturated carbocycles. The van der Waals surface area contributed by atoms with E-state index in [0.717, 1.165) is 0 Å². The van der Waals surface area contributed by atoms with Crippen LogP contribution in [0.4, 0.5) is 0 Å². The van der Waals surface area contributed by atoms with Gasteiger partial charge in [-0.2, -0.15) is 20.9 Å². The van der Waals surface area contributed by atoms with Crippen molar-refractivity contribution in [2.24, 2.45) is 0 Å². The molecular formula is C4H11NY-2. The molecule has 0 aromatic heterocycles. The Hall–Kier alpha value is 1.06. The number of rotatable bonds is 0. The van der Waals surface area contributed by atoms with Gasteiger partial charge in [0.2, 0.25) is 0 Å². The summed E-state index contributed by atoms with van der Waals surface area (Å²) in [5.74, 6) is 0. The van der Waals surface area contributed by atoms with Crippen molar-refractivity contribution in [3.05, 3.63) is 12.2 Å². The Kier molecular flexibility index (Phi) is 95.7. The first-order valence-corrected chi connectivity index (χ1v) is 1.65. The van der Waals surface area contributed by atoms with E-state index in [-0.39, 0.29) is 32.7 Å². The molecule has 0 aliphatic rings. The zero-order valence-electron chi connectivity index (χ0n) is 4.65. The topological polar surface area (TPSA) is 23.8 Å². The third-order valence-corrected chi connectivity index (χ3v) is 0. The molecule has 0 saturated heterocycles. The van der Waals surface area contributed by atoms with Gasteiger partial charge in [0, 0.05) is 32.7 Å². The van der Waals surface area contributed by atoms with Crippen molar-refractivity contribution >= 4 is 0 Å². The predicted octanol–water partition coefficient (Wildman–Crippen LogP) is 1.90. The van der Waals surface area contributed by atoms with Gasteiger partial charge in [-0.15, -0.1) is 0 Å². The van der Waals surface area contributed by atoms with Crippen LogP contribution in [0, 0.1) is 6.42 Å². The number of hydrogen-bond acceptors (Lipinski definition) is 0. The molecule has 0 fully saturated rings. The van der Waals surface area contributed by atoms with E-state index in [1.807, 2.05) is 20.3 Å². The van der Waals surface area contributed by atoms with Crippen LogP contribution in [0.3, 0.4) is 0 Å². The summed E-state index contributed by atoms with van der Waals surface area (Å²) in [6.07, 6.45) is 2.00. The van der Waals surface area contributed by atoms with Gasteiger partial charge in [-0.25, -0.2) is 0 Å². The second kappa shape index (κ2) is 36.5. The molecule has 1 radical (unpaired) electrons. The normalized spacial score (nSPS) is 4.00. The quantitative estimate of drug-likeness (QED) is 0.485. The maximum atomic E-state index is 5.75. The predicted molar refractivity (Wildman–Crippen MR) is 25.9 cm³/mol. The summed E-state index contributed by atoms with van der Waals surface area (Å²) in [4.78, 5) is 0. The molecule has 0 aliphatic carbocycles. The molecule has 37 valence electrons. The molecule has 0 spiro atoms. The molecule has 0 aliphatic heterocycles. The monoisotopic (exact) mass is 162 g/mol. The molecular weight excluding hydrogens is 151 g/mol. The second-order valence-electron chi connectivity index (χ2n) is 0.577. The molecule has 0 bridgehead atoms. The van der Waals surface area contributed by atoms with E-state index in [9.17, 15) is 0 Å². The van der Waals surface area contributed by atoms with Gasteiger partial charge in [0.05, 0.1) is 0 Å². The Morgan fingerprint density at radius 1 is 1.17 bits per heavy atom. The minimum absolute atomic E-state index is 0. The molecule has 0 amide bonds. The van der Waals surface area contributed by atoms with Gasteiger partial charge in [-0.05, 0) is 0 Å². The van der Waals surface area contributed by atoms with Gasteiger partial charge >= 0.3 is 0 Å². The molecule has 0 rings (SSSR count). The first kappa shape index (κ1) is 15.7. The van der Waals surface area contributed by atoms with Gasteiger partial charge < -0.3 is 12.2 Å². The molecule has 0 unspecified atom stereocenters. The minimum atomic E-state index is 0. The fraction of sp³-hybridized carbons (Fsp3) is 0.750. The van der Waals surface area contributed by atoms with Crippen LogP contribution < -0.4 is 0 Å². The molecule has 6 heavy (non-hydrogen) atoms. The second-order valence-corrected chi connectivity index (χ2v) is 0.577. The first-order chi connectivity index (χ1) is 2.41. The standard InChI is InChI=1S/C3H7.CH4N.Y/c1-3-2;1-2;/h3H,1-2H3;2H,1H3;/q2*-1;. The third kappa shape index (κ3) is 73.9. The Bertz CT molecular complexity index is 7.51. The summed E-state index contributed by atoms with van der Waals surface area (Å²) in [5, 5.41) is 0. The summed E-state index contributed by atoms with van der Waals surface area (Å²) in [7, 11) is 1.25. The minimum Gasteiger partial charge on any atom is -0.680 e. The molecule has 0 aromatic rings. The van der Waals surface area contributed by atoms with E-state index in [1.165, 1.54) is 7.05 Å². The van der Waals surface area contributed by atoms with E-state index in [4.69, 9.17) is 5.73 Å². The summed E-state index contributed by atoms with van der Waals surface area (Å²) in [6, 6.07) is 0. The van der Waals surface area contributed by atoms with Crippen molar-refractivity contribution in [1.29, 1.82) is 0 Å². The van der Waals surface area contributed by atoms with Crippen LogP contribution in [0.25, 0.3) is 5.73 Å². The Morgan fingerprint density at radius 3 is 1.17 bits per heavy atom. The van der Waals surface area contributed by atoms with Crippen molar-refractivity contribution in [1.82, 2.24) is 0 Å². The van der Waals surface area contributed by atoms with Gasteiger partial charge in [-0.3, -0.25) is 0 Å². The van der Waals surface area contributed by atoms with Crippen molar-refractivity contribution in [2.45, 2.75) is 13.8 Å². The average Bonchev–Trinajstić information content (AvgIpc) is 1.46. The van der Waals surface area contributed by atoms with Crippen molar-refractivity contribution in [3.63, 3.8) is 0 Å². The molecule has 2 heteroatoms. The van der Waals surface area contributed by atoms with Gasteiger partial charge in [0.1, 0.15) is 0 Å². The van der Waals surface area contributed by atoms with Crippen molar-refractivity contribution < 1.29 is 32.7 Å². The van der Waals surface area contributed by atoms with Gasteiger partial charge in [0.15, 0.2) is 0 Å². The smallest absolute Gasteiger partial charge is 0 e. The molecule has 1 nitrogen and oxygen atoms in total. The van der Waals surface area contributed by atoms with E-state index >= 15 is 0 Å². The Morgan fingerprint density at radius 2 is 1.17 bits per heavy atom. The van der Waals surface area contributed by atoms with E-state index in [2.05, 4.69) is 0 Å². The zero-order valence-corrected chi connectivity index (χ0v) is 7.49. The number of hydrogen-bond donors (Lipinski definition) is 0. The van der Waals surface area contributed by atoms with Crippen LogP contribution >= 0.6 is 0 Å². The summed E-state index contributed by atoms with van der Waals surface area (Å²) < 4.78 is 0. The van der Waals surface area contributed by atoms with Crippen LogP contribution in [0.5, 0.6) is 0 Å². The SMILES string of the molecule is C[CH-]C.C[NH-].[Y]. The van der Waals surface area contributed by atoms with Gasteiger partial charge in [0.25, 0.3) is 0 Å². The maximum absolute atomic E-state index is 5.75. The summed E-state index contributed by atoms with van der Waals surface area (Å²) >= 11 is 0. The first-order valence-electron chi connectivity index (χ1n) is 1.65. The zero-order chi connectivity index (χ0) is 4.71. The Labute approximate surface area is 65.6 Å². The molecule has 0 aromatic carbocycles. The van der Waals surface area contributed by atoms with Crippen LogP contribution in [-0.2, 0) is 32.7 Å². The van der Waals surface area contributed by atoms with Gasteiger partial charge in [-0.1, -0.05) is 0 Å². The average molecular weight is 162 g/mol. The maximum Gasteiger partial charge on any atom is 0 e. The van der Waals surface area contributed by atoms with E-state index < -0.39 is 0 Å². The van der Waals surface area contributed by atoms with Crippen LogP contribution in [0.1, 0.15) is 13.8 Å². The van der Waals surface area contributed by atoms with Crippen LogP contribution in [0.2, 0.25) is 0 Å². The Balaban J connectivity index is -0.0000000275. The molecule has 1 N–H and O–H groups in total. The largest absolute Gasteiger partial charge is 0.680 e. The fourth-order valence-corrected chi connectivity index (χ4v) is 0. The third-order valence-electron chi connectivity index (χ3n) is 0. The molecule has 0 heterocycles.